The fraction of sp³-hybridized carbons (Fsp3) is 0.500. The van der Waals surface area contributed by atoms with Crippen LogP contribution in [0.5, 0.6) is 0 Å². The maximum atomic E-state index is 12.5. The number of esters is 2. The van der Waals surface area contributed by atoms with Gasteiger partial charge in [-0.15, -0.1) is 21.5 Å². The highest BCUT2D eigenvalue weighted by atomic mass is 32.2. The summed E-state index contributed by atoms with van der Waals surface area (Å²) in [5.41, 5.74) is 0.576. The van der Waals surface area contributed by atoms with Crippen molar-refractivity contribution in [2.45, 2.75) is 44.3 Å². The number of methoxy groups -OCH3 is 2. The Balaban J connectivity index is 1.73. The molecule has 0 aromatic carbocycles. The van der Waals surface area contributed by atoms with E-state index in [0.717, 1.165) is 49.4 Å². The van der Waals surface area contributed by atoms with Crippen LogP contribution in [0.1, 0.15) is 50.7 Å². The summed E-state index contributed by atoms with van der Waals surface area (Å²) in [6.45, 7) is 2.47. The van der Waals surface area contributed by atoms with Crippen molar-refractivity contribution in [2.24, 2.45) is 0 Å². The number of aryl methyl sites for hydroxylation is 1. The molecule has 0 atom stereocenters. The Bertz CT molecular complexity index is 937. The topological polar surface area (TPSA) is 112 Å². The Morgan fingerprint density at radius 3 is 2.62 bits per heavy atom. The van der Waals surface area contributed by atoms with Crippen molar-refractivity contribution in [3.63, 3.8) is 0 Å². The molecule has 3 heterocycles. The van der Waals surface area contributed by atoms with Crippen LogP contribution in [0.15, 0.2) is 5.16 Å². The van der Waals surface area contributed by atoms with Crippen LogP contribution in [0.2, 0.25) is 0 Å². The zero-order chi connectivity index (χ0) is 21.0. The number of hydrogen-bond acceptors (Lipinski definition) is 9. The lowest BCUT2D eigenvalue weighted by Gasteiger charge is -2.07. The van der Waals surface area contributed by atoms with Gasteiger partial charge in [-0.1, -0.05) is 18.2 Å². The molecule has 0 unspecified atom stereocenters. The van der Waals surface area contributed by atoms with Crippen molar-refractivity contribution in [3.05, 3.63) is 21.8 Å². The zero-order valence-corrected chi connectivity index (χ0v) is 18.1. The van der Waals surface area contributed by atoms with Crippen LogP contribution < -0.4 is 5.32 Å². The molecule has 0 spiro atoms. The smallest absolute Gasteiger partial charge is 0.348 e. The highest BCUT2D eigenvalue weighted by molar-refractivity contribution is 7.99. The second-order valence-corrected chi connectivity index (χ2v) is 8.40. The number of hydrogen-bond donors (Lipinski definition) is 1. The molecule has 0 bridgehead atoms. The highest BCUT2D eigenvalue weighted by Gasteiger charge is 2.27. The minimum absolute atomic E-state index is 0.100. The van der Waals surface area contributed by atoms with Crippen LogP contribution in [-0.2, 0) is 27.2 Å². The number of ether oxygens (including phenoxy) is 2. The molecule has 29 heavy (non-hydrogen) atoms. The van der Waals surface area contributed by atoms with E-state index >= 15 is 0 Å². The molecule has 1 amide bonds. The number of aromatic nitrogens is 3. The number of thiophene rings is 1. The van der Waals surface area contributed by atoms with E-state index in [4.69, 9.17) is 9.47 Å². The van der Waals surface area contributed by atoms with Gasteiger partial charge >= 0.3 is 11.9 Å². The number of carbonyl (C=O) groups is 3. The molecule has 2 aromatic rings. The number of thioether (sulfide) groups is 1. The van der Waals surface area contributed by atoms with Crippen LogP contribution in [-0.4, -0.2) is 52.6 Å². The summed E-state index contributed by atoms with van der Waals surface area (Å²) in [7, 11) is 2.51. The Labute approximate surface area is 176 Å². The molecular weight excluding hydrogens is 416 g/mol. The monoisotopic (exact) mass is 438 g/mol. The van der Waals surface area contributed by atoms with Gasteiger partial charge in [-0.25, -0.2) is 9.59 Å². The lowest BCUT2D eigenvalue weighted by molar-refractivity contribution is -0.113. The molecule has 0 fully saturated rings. The molecule has 2 aromatic heterocycles. The molecular formula is C18H22N4O5S2. The maximum absolute atomic E-state index is 12.5. The van der Waals surface area contributed by atoms with E-state index in [0.29, 0.717) is 10.7 Å². The van der Waals surface area contributed by atoms with Gasteiger partial charge in [0.25, 0.3) is 0 Å². The number of carbonyl (C=O) groups excluding carboxylic acids is 3. The molecule has 9 nitrogen and oxygen atoms in total. The van der Waals surface area contributed by atoms with Gasteiger partial charge in [0, 0.05) is 13.0 Å². The molecule has 1 aliphatic rings. The fourth-order valence-corrected chi connectivity index (χ4v) is 5.01. The average Bonchev–Trinajstić information content (AvgIpc) is 3.15. The predicted octanol–water partition coefficient (Wildman–Crippen LogP) is 2.68. The van der Waals surface area contributed by atoms with Crippen LogP contribution in [0.25, 0.3) is 0 Å². The number of fused-ring (bicyclic) bond motifs is 1. The van der Waals surface area contributed by atoms with Crippen molar-refractivity contribution >= 4 is 45.9 Å². The Morgan fingerprint density at radius 2 is 1.90 bits per heavy atom. The largest absolute Gasteiger partial charge is 0.465 e. The van der Waals surface area contributed by atoms with Crippen LogP contribution in [0.4, 0.5) is 5.00 Å². The van der Waals surface area contributed by atoms with E-state index in [1.165, 1.54) is 26.0 Å². The third kappa shape index (κ3) is 4.61. The SMILES string of the molecule is COC(=O)c1sc(NC(=O)CSc2nnc3n2CCCCC3)c(C(=O)OC)c1C. The standard InChI is InChI=1S/C18H22N4O5S2/c1-10-13(16(24)26-2)15(29-14(10)17(25)27-3)19-12(23)9-28-18-21-20-11-7-5-4-6-8-22(11)18/h4-9H2,1-3H3,(H,19,23). The molecule has 0 saturated heterocycles. The zero-order valence-electron chi connectivity index (χ0n) is 16.4. The Morgan fingerprint density at radius 1 is 1.14 bits per heavy atom. The Kier molecular flexibility index (Phi) is 6.91. The van der Waals surface area contributed by atoms with Crippen molar-refractivity contribution < 1.29 is 23.9 Å². The van der Waals surface area contributed by atoms with Gasteiger partial charge in [0.05, 0.1) is 25.5 Å². The number of nitrogens with zero attached hydrogens (tertiary/aromatic N) is 3. The van der Waals surface area contributed by atoms with Crippen molar-refractivity contribution in [3.8, 4) is 0 Å². The summed E-state index contributed by atoms with van der Waals surface area (Å²) in [6.07, 6.45) is 4.22. The molecule has 156 valence electrons. The van der Waals surface area contributed by atoms with E-state index in [1.54, 1.807) is 6.92 Å². The van der Waals surface area contributed by atoms with Crippen LogP contribution >= 0.6 is 23.1 Å². The van der Waals surface area contributed by atoms with E-state index in [1.807, 2.05) is 0 Å². The quantitative estimate of drug-likeness (QED) is 0.541. The molecule has 1 N–H and O–H groups in total. The van der Waals surface area contributed by atoms with Gasteiger partial charge in [0.1, 0.15) is 15.7 Å². The van der Waals surface area contributed by atoms with Gasteiger partial charge in [-0.3, -0.25) is 4.79 Å². The predicted molar refractivity (Wildman–Crippen MR) is 109 cm³/mol. The van der Waals surface area contributed by atoms with E-state index in [2.05, 4.69) is 20.1 Å². The molecule has 0 aliphatic carbocycles. The van der Waals surface area contributed by atoms with Crippen molar-refractivity contribution in [2.75, 3.05) is 25.3 Å². The van der Waals surface area contributed by atoms with Crippen molar-refractivity contribution in [1.29, 1.82) is 0 Å². The lowest BCUT2D eigenvalue weighted by atomic mass is 10.1. The van der Waals surface area contributed by atoms with Crippen molar-refractivity contribution in [1.82, 2.24) is 14.8 Å². The van der Waals surface area contributed by atoms with Gasteiger partial charge in [0.15, 0.2) is 5.16 Å². The summed E-state index contributed by atoms with van der Waals surface area (Å²) in [5, 5.41) is 12.1. The third-order valence-electron chi connectivity index (χ3n) is 4.57. The van der Waals surface area contributed by atoms with E-state index in [-0.39, 0.29) is 27.1 Å². The third-order valence-corrected chi connectivity index (χ3v) is 6.72. The minimum atomic E-state index is -0.625. The first kappa shape index (κ1) is 21.3. The van der Waals surface area contributed by atoms with E-state index in [9.17, 15) is 14.4 Å². The summed E-state index contributed by atoms with van der Waals surface area (Å²) in [6, 6.07) is 0. The molecule has 0 radical (unpaired) electrons. The Hall–Kier alpha value is -2.40. The van der Waals surface area contributed by atoms with Gasteiger partial charge in [-0.05, 0) is 25.3 Å². The summed E-state index contributed by atoms with van der Waals surface area (Å²) >= 11 is 2.28. The van der Waals surface area contributed by atoms with Gasteiger partial charge in [-0.2, -0.15) is 0 Å². The van der Waals surface area contributed by atoms with Crippen LogP contribution in [0.3, 0.4) is 0 Å². The van der Waals surface area contributed by atoms with Gasteiger partial charge in [0.2, 0.25) is 5.91 Å². The summed E-state index contributed by atoms with van der Waals surface area (Å²) in [4.78, 5) is 36.9. The maximum Gasteiger partial charge on any atom is 0.348 e. The first-order chi connectivity index (χ1) is 14.0. The second kappa shape index (κ2) is 9.40. The average molecular weight is 439 g/mol. The van der Waals surface area contributed by atoms with E-state index < -0.39 is 11.9 Å². The number of amides is 1. The number of rotatable bonds is 6. The molecule has 3 rings (SSSR count). The molecule has 0 saturated carbocycles. The first-order valence-electron chi connectivity index (χ1n) is 9.11. The normalized spacial score (nSPS) is 13.3. The summed E-state index contributed by atoms with van der Waals surface area (Å²) in [5.74, 6) is -0.458. The first-order valence-corrected chi connectivity index (χ1v) is 10.9. The number of anilines is 1. The van der Waals surface area contributed by atoms with Crippen LogP contribution in [0, 0.1) is 6.92 Å². The summed E-state index contributed by atoms with van der Waals surface area (Å²) < 4.78 is 11.6. The number of nitrogens with one attached hydrogen (secondary N) is 1. The second-order valence-electron chi connectivity index (χ2n) is 6.44. The fourth-order valence-electron chi connectivity index (χ4n) is 3.09. The molecule has 1 aliphatic heterocycles. The molecule has 11 heteroatoms. The minimum Gasteiger partial charge on any atom is -0.465 e. The highest BCUT2D eigenvalue weighted by Crippen LogP contribution is 2.34. The lowest BCUT2D eigenvalue weighted by Crippen LogP contribution is -2.16. The van der Waals surface area contributed by atoms with Gasteiger partial charge < -0.3 is 19.4 Å².